The number of alkyl halides is 2. The Morgan fingerprint density at radius 3 is 2.39 bits per heavy atom. The number of ether oxygens (including phenoxy) is 1. The zero-order valence-electron chi connectivity index (χ0n) is 13.7. The van der Waals surface area contributed by atoms with Crippen LogP contribution in [0.1, 0.15) is 45.6 Å². The van der Waals surface area contributed by atoms with E-state index in [0.717, 1.165) is 36.3 Å². The number of carbonyl (C=O) groups is 1. The number of hydrogen-bond donors (Lipinski definition) is 1. The standard InChI is InChI=1S/C17H22Br2N2O2/c1-4-10-23-13-8-6-12(7-9-13)14(5-2)20-21-15(22)16(3)11-17(16,18)19/h6-9H,4-5,10-11H2,1-3H3,(H,21,22). The summed E-state index contributed by atoms with van der Waals surface area (Å²) in [5.74, 6) is 0.768. The van der Waals surface area contributed by atoms with Crippen LogP contribution in [-0.2, 0) is 4.79 Å². The Kier molecular flexibility index (Phi) is 5.89. The highest BCUT2D eigenvalue weighted by molar-refractivity contribution is 9.25. The number of benzene rings is 1. The quantitative estimate of drug-likeness (QED) is 0.378. The van der Waals surface area contributed by atoms with Gasteiger partial charge < -0.3 is 4.74 Å². The molecule has 1 unspecified atom stereocenters. The second kappa shape index (κ2) is 7.34. The molecule has 1 fully saturated rings. The van der Waals surface area contributed by atoms with Gasteiger partial charge in [0.2, 0.25) is 5.91 Å². The molecule has 0 spiro atoms. The molecule has 0 heterocycles. The Morgan fingerprint density at radius 2 is 1.91 bits per heavy atom. The molecule has 1 saturated carbocycles. The van der Waals surface area contributed by atoms with Crippen molar-refractivity contribution in [3.05, 3.63) is 29.8 Å². The first-order chi connectivity index (χ1) is 10.8. The van der Waals surface area contributed by atoms with Gasteiger partial charge in [0, 0.05) is 0 Å². The van der Waals surface area contributed by atoms with Crippen molar-refractivity contribution in [2.24, 2.45) is 10.5 Å². The lowest BCUT2D eigenvalue weighted by atomic mass is 10.1. The van der Waals surface area contributed by atoms with Crippen LogP contribution in [0.25, 0.3) is 0 Å². The maximum absolute atomic E-state index is 12.3. The number of carbonyl (C=O) groups excluding carboxylic acids is 1. The normalized spacial score (nSPS) is 22.6. The summed E-state index contributed by atoms with van der Waals surface area (Å²) in [7, 11) is 0. The average Bonchev–Trinajstić information content (AvgIpc) is 3.06. The van der Waals surface area contributed by atoms with Crippen molar-refractivity contribution >= 4 is 43.5 Å². The van der Waals surface area contributed by atoms with Crippen LogP contribution in [-0.4, -0.2) is 21.5 Å². The van der Waals surface area contributed by atoms with Gasteiger partial charge in [-0.15, -0.1) is 0 Å². The molecule has 1 aliphatic rings. The molecule has 0 saturated heterocycles. The molecule has 1 aromatic carbocycles. The minimum absolute atomic E-state index is 0.0832. The topological polar surface area (TPSA) is 50.7 Å². The highest BCUT2D eigenvalue weighted by Gasteiger charge is 2.66. The lowest BCUT2D eigenvalue weighted by Crippen LogP contribution is -2.30. The fraction of sp³-hybridized carbons (Fsp3) is 0.529. The first-order valence-electron chi connectivity index (χ1n) is 7.82. The van der Waals surface area contributed by atoms with Crippen LogP contribution < -0.4 is 10.2 Å². The second-order valence-corrected chi connectivity index (χ2v) is 9.71. The van der Waals surface area contributed by atoms with Gasteiger partial charge in [-0.05, 0) is 56.0 Å². The molecule has 4 nitrogen and oxygen atoms in total. The number of nitrogens with zero attached hydrogens (tertiary/aromatic N) is 1. The van der Waals surface area contributed by atoms with Crippen molar-refractivity contribution < 1.29 is 9.53 Å². The van der Waals surface area contributed by atoms with Crippen molar-refractivity contribution in [3.63, 3.8) is 0 Å². The van der Waals surface area contributed by atoms with E-state index in [1.165, 1.54) is 0 Å². The van der Waals surface area contributed by atoms with E-state index in [-0.39, 0.29) is 9.14 Å². The third-order valence-corrected chi connectivity index (χ3v) is 6.36. The minimum atomic E-state index is -0.465. The summed E-state index contributed by atoms with van der Waals surface area (Å²) in [5, 5.41) is 4.31. The number of amides is 1. The first kappa shape index (κ1) is 18.5. The van der Waals surface area contributed by atoms with Gasteiger partial charge >= 0.3 is 0 Å². The monoisotopic (exact) mass is 444 g/mol. The van der Waals surface area contributed by atoms with E-state index in [2.05, 4.69) is 49.3 Å². The van der Waals surface area contributed by atoms with Crippen LogP contribution >= 0.6 is 31.9 Å². The van der Waals surface area contributed by atoms with Crippen molar-refractivity contribution in [1.29, 1.82) is 0 Å². The summed E-state index contributed by atoms with van der Waals surface area (Å²) in [6.07, 6.45) is 2.46. The number of hydrazone groups is 1. The summed E-state index contributed by atoms with van der Waals surface area (Å²) in [6.45, 7) is 6.72. The molecule has 0 aliphatic heterocycles. The largest absolute Gasteiger partial charge is 0.494 e. The second-order valence-electron chi connectivity index (χ2n) is 5.94. The molecule has 23 heavy (non-hydrogen) atoms. The predicted molar refractivity (Wildman–Crippen MR) is 101 cm³/mol. The number of rotatable bonds is 7. The molecule has 0 bridgehead atoms. The van der Waals surface area contributed by atoms with E-state index in [4.69, 9.17) is 4.74 Å². The van der Waals surface area contributed by atoms with Gasteiger partial charge in [-0.25, -0.2) is 5.43 Å². The summed E-state index contributed by atoms with van der Waals surface area (Å²) in [5.41, 5.74) is 4.07. The molecular weight excluding hydrogens is 424 g/mol. The van der Waals surface area contributed by atoms with Crippen LogP contribution in [0.5, 0.6) is 5.75 Å². The Hall–Kier alpha value is -0.880. The third kappa shape index (κ3) is 4.15. The fourth-order valence-electron chi connectivity index (χ4n) is 2.20. The predicted octanol–water partition coefficient (Wildman–Crippen LogP) is 4.60. The Balaban J connectivity index is 2.03. The van der Waals surface area contributed by atoms with Crippen molar-refractivity contribution in [2.75, 3.05) is 6.61 Å². The van der Waals surface area contributed by atoms with E-state index in [0.29, 0.717) is 6.61 Å². The molecule has 1 amide bonds. The third-order valence-electron chi connectivity index (χ3n) is 4.05. The van der Waals surface area contributed by atoms with Gasteiger partial charge in [0.1, 0.15) is 5.75 Å². The minimum Gasteiger partial charge on any atom is -0.494 e. The molecule has 1 atom stereocenters. The zero-order valence-corrected chi connectivity index (χ0v) is 16.8. The number of halogens is 2. The molecule has 126 valence electrons. The zero-order chi connectivity index (χ0) is 17.1. The Morgan fingerprint density at radius 1 is 1.30 bits per heavy atom. The lowest BCUT2D eigenvalue weighted by Gasteiger charge is -2.12. The Bertz CT molecular complexity index is 599. The maximum atomic E-state index is 12.3. The van der Waals surface area contributed by atoms with Crippen LogP contribution in [0.4, 0.5) is 0 Å². The molecule has 1 N–H and O–H groups in total. The lowest BCUT2D eigenvalue weighted by molar-refractivity contribution is -0.125. The highest BCUT2D eigenvalue weighted by atomic mass is 79.9. The molecule has 0 aromatic heterocycles. The molecule has 1 aromatic rings. The van der Waals surface area contributed by atoms with Crippen LogP contribution in [0.3, 0.4) is 0 Å². The molecular formula is C17H22Br2N2O2. The van der Waals surface area contributed by atoms with Gasteiger partial charge in [0.25, 0.3) is 0 Å². The van der Waals surface area contributed by atoms with E-state index < -0.39 is 5.41 Å². The highest BCUT2D eigenvalue weighted by Crippen LogP contribution is 2.66. The SMILES string of the molecule is CCCOc1ccc(C(CC)=NNC(=O)C2(C)CC2(Br)Br)cc1. The molecule has 6 heteroatoms. The Labute approximate surface area is 154 Å². The van der Waals surface area contributed by atoms with Gasteiger partial charge in [-0.1, -0.05) is 45.7 Å². The van der Waals surface area contributed by atoms with Gasteiger partial charge in [-0.3, -0.25) is 4.79 Å². The summed E-state index contributed by atoms with van der Waals surface area (Å²) < 4.78 is 5.27. The molecule has 1 aliphatic carbocycles. The average molecular weight is 446 g/mol. The molecule has 0 radical (unpaired) electrons. The smallest absolute Gasteiger partial charge is 0.248 e. The summed E-state index contributed by atoms with van der Waals surface area (Å²) in [6, 6.07) is 7.81. The van der Waals surface area contributed by atoms with Gasteiger partial charge in [-0.2, -0.15) is 5.10 Å². The van der Waals surface area contributed by atoms with Crippen LogP contribution in [0.15, 0.2) is 29.4 Å². The maximum Gasteiger partial charge on any atom is 0.248 e. The van der Waals surface area contributed by atoms with E-state index in [1.54, 1.807) is 0 Å². The van der Waals surface area contributed by atoms with E-state index in [9.17, 15) is 4.79 Å². The fourth-order valence-corrected chi connectivity index (χ4v) is 3.68. The van der Waals surface area contributed by atoms with Crippen molar-refractivity contribution in [3.8, 4) is 5.75 Å². The van der Waals surface area contributed by atoms with Gasteiger partial charge in [0.15, 0.2) is 0 Å². The summed E-state index contributed by atoms with van der Waals surface area (Å²) in [4.78, 5) is 12.3. The van der Waals surface area contributed by atoms with E-state index >= 15 is 0 Å². The van der Waals surface area contributed by atoms with E-state index in [1.807, 2.05) is 38.1 Å². The van der Waals surface area contributed by atoms with Crippen LogP contribution in [0, 0.1) is 5.41 Å². The van der Waals surface area contributed by atoms with Crippen molar-refractivity contribution in [2.45, 2.75) is 43.3 Å². The van der Waals surface area contributed by atoms with Crippen LogP contribution in [0.2, 0.25) is 0 Å². The van der Waals surface area contributed by atoms with Gasteiger partial charge in [0.05, 0.1) is 21.0 Å². The van der Waals surface area contributed by atoms with Crippen molar-refractivity contribution in [1.82, 2.24) is 5.43 Å². The first-order valence-corrected chi connectivity index (χ1v) is 9.40. The summed E-state index contributed by atoms with van der Waals surface area (Å²) >= 11 is 7.00. The molecule has 2 rings (SSSR count). The number of nitrogens with one attached hydrogen (secondary N) is 1. The number of hydrogen-bond acceptors (Lipinski definition) is 3.